The monoisotopic (exact) mass is 207 g/mol. The molecule has 0 aliphatic carbocycles. The van der Waals surface area contributed by atoms with Crippen LogP contribution in [0, 0.1) is 6.92 Å². The van der Waals surface area contributed by atoms with Crippen molar-refractivity contribution < 1.29 is 9.47 Å². The smallest absolute Gasteiger partial charge is 0.199 e. The van der Waals surface area contributed by atoms with E-state index in [0.29, 0.717) is 0 Å². The van der Waals surface area contributed by atoms with Crippen LogP contribution < -0.4 is 10.5 Å². The van der Waals surface area contributed by atoms with Crippen LogP contribution in [0.2, 0.25) is 0 Å². The van der Waals surface area contributed by atoms with Gasteiger partial charge >= 0.3 is 0 Å². The van der Waals surface area contributed by atoms with Crippen LogP contribution in [0.3, 0.4) is 0 Å². The molecule has 0 amide bonds. The number of hydrogen-bond acceptors (Lipinski definition) is 3. The molecule has 0 radical (unpaired) electrons. The van der Waals surface area contributed by atoms with Crippen LogP contribution in [0.25, 0.3) is 0 Å². The van der Waals surface area contributed by atoms with Gasteiger partial charge in [0.05, 0.1) is 6.61 Å². The first-order valence-electron chi connectivity index (χ1n) is 5.40. The lowest BCUT2D eigenvalue weighted by Crippen LogP contribution is -2.25. The third-order valence-electron chi connectivity index (χ3n) is 2.66. The largest absolute Gasteiger partial charge is 0.465 e. The van der Waals surface area contributed by atoms with Gasteiger partial charge in [-0.25, -0.2) is 0 Å². The Labute approximate surface area is 90.2 Å². The fraction of sp³-hybridized carbons (Fsp3) is 0.500. The molecule has 1 unspecified atom stereocenters. The van der Waals surface area contributed by atoms with Gasteiger partial charge in [-0.15, -0.1) is 0 Å². The van der Waals surface area contributed by atoms with Crippen molar-refractivity contribution in [3.8, 4) is 5.75 Å². The standard InChI is InChI=1S/C12H17NO2/c1-9-5-6-10(8-11(9)13)15-12-4-2-3-7-14-12/h5-6,8,12H,2-4,7,13H2,1H3. The van der Waals surface area contributed by atoms with Gasteiger partial charge in [-0.1, -0.05) is 6.07 Å². The van der Waals surface area contributed by atoms with E-state index >= 15 is 0 Å². The first-order valence-corrected chi connectivity index (χ1v) is 5.40. The maximum Gasteiger partial charge on any atom is 0.199 e. The molecule has 15 heavy (non-hydrogen) atoms. The molecule has 2 rings (SSSR count). The van der Waals surface area contributed by atoms with E-state index < -0.39 is 0 Å². The summed E-state index contributed by atoms with van der Waals surface area (Å²) in [6.45, 7) is 2.78. The number of nitrogens with two attached hydrogens (primary N) is 1. The SMILES string of the molecule is Cc1ccc(OC2CCCCO2)cc1N. The maximum absolute atomic E-state index is 5.80. The zero-order valence-electron chi connectivity index (χ0n) is 9.03. The van der Waals surface area contributed by atoms with E-state index in [1.54, 1.807) is 0 Å². The highest BCUT2D eigenvalue weighted by atomic mass is 16.7. The maximum atomic E-state index is 5.80. The Bertz CT molecular complexity index is 332. The lowest BCUT2D eigenvalue weighted by Gasteiger charge is -2.23. The lowest BCUT2D eigenvalue weighted by atomic mass is 10.2. The first kappa shape index (κ1) is 10.3. The van der Waals surface area contributed by atoms with Crippen molar-refractivity contribution >= 4 is 5.69 Å². The Hall–Kier alpha value is -1.22. The number of rotatable bonds is 2. The molecule has 1 aromatic carbocycles. The molecule has 1 heterocycles. The molecular formula is C12H17NO2. The molecule has 3 heteroatoms. The summed E-state index contributed by atoms with van der Waals surface area (Å²) in [4.78, 5) is 0. The van der Waals surface area contributed by atoms with Crippen molar-refractivity contribution in [1.29, 1.82) is 0 Å². The first-order chi connectivity index (χ1) is 7.25. The van der Waals surface area contributed by atoms with Gasteiger partial charge in [-0.2, -0.15) is 0 Å². The topological polar surface area (TPSA) is 44.5 Å². The highest BCUT2D eigenvalue weighted by Crippen LogP contribution is 2.22. The summed E-state index contributed by atoms with van der Waals surface area (Å²) < 4.78 is 11.2. The molecule has 1 aliphatic heterocycles. The molecule has 0 aromatic heterocycles. The van der Waals surface area contributed by atoms with Crippen molar-refractivity contribution in [3.05, 3.63) is 23.8 Å². The summed E-state index contributed by atoms with van der Waals surface area (Å²) in [7, 11) is 0. The van der Waals surface area contributed by atoms with Gasteiger partial charge in [-0.05, 0) is 31.4 Å². The minimum atomic E-state index is -0.0964. The summed E-state index contributed by atoms with van der Waals surface area (Å²) in [5.41, 5.74) is 7.65. The highest BCUT2D eigenvalue weighted by Gasteiger charge is 2.15. The zero-order chi connectivity index (χ0) is 10.7. The molecule has 2 N–H and O–H groups in total. The molecule has 0 bridgehead atoms. The molecule has 0 spiro atoms. The molecular weight excluding hydrogens is 190 g/mol. The minimum absolute atomic E-state index is 0.0964. The van der Waals surface area contributed by atoms with E-state index in [2.05, 4.69) is 0 Å². The van der Waals surface area contributed by atoms with Gasteiger partial charge in [0, 0.05) is 18.2 Å². The summed E-state index contributed by atoms with van der Waals surface area (Å²) in [6, 6.07) is 5.75. The average Bonchev–Trinajstić information content (AvgIpc) is 2.25. The van der Waals surface area contributed by atoms with E-state index in [-0.39, 0.29) is 6.29 Å². The second kappa shape index (κ2) is 4.53. The van der Waals surface area contributed by atoms with Gasteiger partial charge < -0.3 is 15.2 Å². The molecule has 82 valence electrons. The number of ether oxygens (including phenoxy) is 2. The lowest BCUT2D eigenvalue weighted by molar-refractivity contribution is -0.105. The molecule has 3 nitrogen and oxygen atoms in total. The van der Waals surface area contributed by atoms with Crippen LogP contribution in [-0.4, -0.2) is 12.9 Å². The molecule has 1 fully saturated rings. The fourth-order valence-corrected chi connectivity index (χ4v) is 1.65. The molecule has 0 saturated carbocycles. The van der Waals surface area contributed by atoms with E-state index in [1.807, 2.05) is 25.1 Å². The molecule has 1 aliphatic rings. The number of aryl methyl sites for hydroxylation is 1. The number of benzene rings is 1. The van der Waals surface area contributed by atoms with E-state index in [4.69, 9.17) is 15.2 Å². The van der Waals surface area contributed by atoms with E-state index in [0.717, 1.165) is 36.4 Å². The minimum Gasteiger partial charge on any atom is -0.465 e. The Morgan fingerprint density at radius 3 is 2.93 bits per heavy atom. The summed E-state index contributed by atoms with van der Waals surface area (Å²) in [5, 5.41) is 0. The Morgan fingerprint density at radius 1 is 1.40 bits per heavy atom. The third-order valence-corrected chi connectivity index (χ3v) is 2.66. The van der Waals surface area contributed by atoms with Crippen molar-refractivity contribution in [3.63, 3.8) is 0 Å². The predicted molar refractivity (Wildman–Crippen MR) is 59.8 cm³/mol. The third kappa shape index (κ3) is 2.63. The van der Waals surface area contributed by atoms with Crippen molar-refractivity contribution in [2.75, 3.05) is 12.3 Å². The second-order valence-corrected chi connectivity index (χ2v) is 3.93. The van der Waals surface area contributed by atoms with Crippen LogP contribution in [0.4, 0.5) is 5.69 Å². The normalized spacial score (nSPS) is 21.3. The van der Waals surface area contributed by atoms with Gasteiger partial charge in [-0.3, -0.25) is 0 Å². The van der Waals surface area contributed by atoms with E-state index in [1.165, 1.54) is 6.42 Å². The Balaban J connectivity index is 2.00. The van der Waals surface area contributed by atoms with Crippen LogP contribution in [0.5, 0.6) is 5.75 Å². The van der Waals surface area contributed by atoms with Crippen LogP contribution >= 0.6 is 0 Å². The molecule has 1 saturated heterocycles. The van der Waals surface area contributed by atoms with Crippen molar-refractivity contribution in [2.45, 2.75) is 32.5 Å². The van der Waals surface area contributed by atoms with Crippen LogP contribution in [0.15, 0.2) is 18.2 Å². The second-order valence-electron chi connectivity index (χ2n) is 3.93. The fourth-order valence-electron chi connectivity index (χ4n) is 1.65. The Morgan fingerprint density at radius 2 is 2.27 bits per heavy atom. The van der Waals surface area contributed by atoms with Gasteiger partial charge in [0.1, 0.15) is 5.75 Å². The predicted octanol–water partition coefficient (Wildman–Crippen LogP) is 2.48. The van der Waals surface area contributed by atoms with Crippen LogP contribution in [0.1, 0.15) is 24.8 Å². The Kier molecular flexibility index (Phi) is 3.11. The van der Waals surface area contributed by atoms with Crippen molar-refractivity contribution in [2.24, 2.45) is 0 Å². The summed E-state index contributed by atoms with van der Waals surface area (Å²) in [6.07, 6.45) is 3.18. The number of nitrogen functional groups attached to an aromatic ring is 1. The summed E-state index contributed by atoms with van der Waals surface area (Å²) >= 11 is 0. The molecule has 1 aromatic rings. The number of hydrogen-bond donors (Lipinski definition) is 1. The quantitative estimate of drug-likeness (QED) is 0.758. The van der Waals surface area contributed by atoms with Crippen molar-refractivity contribution in [1.82, 2.24) is 0 Å². The average molecular weight is 207 g/mol. The zero-order valence-corrected chi connectivity index (χ0v) is 9.03. The van der Waals surface area contributed by atoms with Gasteiger partial charge in [0.15, 0.2) is 6.29 Å². The number of anilines is 1. The van der Waals surface area contributed by atoms with Crippen LogP contribution in [-0.2, 0) is 4.74 Å². The van der Waals surface area contributed by atoms with Gasteiger partial charge in [0.2, 0.25) is 0 Å². The summed E-state index contributed by atoms with van der Waals surface area (Å²) in [5.74, 6) is 0.796. The van der Waals surface area contributed by atoms with E-state index in [9.17, 15) is 0 Å². The van der Waals surface area contributed by atoms with Gasteiger partial charge in [0.25, 0.3) is 0 Å². The highest BCUT2D eigenvalue weighted by molar-refractivity contribution is 5.50. The molecule has 1 atom stereocenters.